The second-order valence-corrected chi connectivity index (χ2v) is 6.14. The molecule has 9 heteroatoms. The lowest BCUT2D eigenvalue weighted by Crippen LogP contribution is -2.49. The van der Waals surface area contributed by atoms with Crippen molar-refractivity contribution in [1.82, 2.24) is 10.6 Å². The summed E-state index contributed by atoms with van der Waals surface area (Å²) >= 11 is 0. The molecule has 0 spiro atoms. The number of esters is 1. The minimum absolute atomic E-state index is 0.00932. The lowest BCUT2D eigenvalue weighted by Gasteiger charge is -2.20. The molecular formula is C17H20F2N2O5. The van der Waals surface area contributed by atoms with Gasteiger partial charge in [0.1, 0.15) is 5.75 Å². The maximum absolute atomic E-state index is 12.0. The zero-order valence-corrected chi connectivity index (χ0v) is 14.5. The van der Waals surface area contributed by atoms with E-state index in [0.717, 1.165) is 6.08 Å². The molecule has 1 aromatic rings. The zero-order chi connectivity index (χ0) is 19.7. The molecule has 0 aliphatic carbocycles. The van der Waals surface area contributed by atoms with Gasteiger partial charge in [-0.3, -0.25) is 10.1 Å². The number of carbonyl (C=O) groups is 3. The molecule has 0 bridgehead atoms. The second kappa shape index (κ2) is 9.50. The predicted molar refractivity (Wildman–Crippen MR) is 89.5 cm³/mol. The van der Waals surface area contributed by atoms with Crippen LogP contribution in [0.25, 0.3) is 6.08 Å². The summed E-state index contributed by atoms with van der Waals surface area (Å²) in [6.45, 7) is 1.70. The average Bonchev–Trinajstić information content (AvgIpc) is 2.49. The number of amides is 3. The number of benzene rings is 1. The number of urea groups is 1. The van der Waals surface area contributed by atoms with Gasteiger partial charge in [-0.1, -0.05) is 12.1 Å². The van der Waals surface area contributed by atoms with Crippen LogP contribution in [0, 0.1) is 0 Å². The van der Waals surface area contributed by atoms with Gasteiger partial charge in [-0.2, -0.15) is 8.78 Å². The van der Waals surface area contributed by atoms with E-state index in [-0.39, 0.29) is 5.75 Å². The number of hydrogen-bond acceptors (Lipinski definition) is 5. The Morgan fingerprint density at radius 2 is 1.77 bits per heavy atom. The van der Waals surface area contributed by atoms with Crippen LogP contribution in [0.5, 0.6) is 5.75 Å². The van der Waals surface area contributed by atoms with Crippen molar-refractivity contribution in [1.29, 1.82) is 0 Å². The van der Waals surface area contributed by atoms with Crippen LogP contribution in [-0.2, 0) is 14.3 Å². The highest BCUT2D eigenvalue weighted by molar-refractivity contribution is 5.96. The first-order valence-corrected chi connectivity index (χ1v) is 7.57. The van der Waals surface area contributed by atoms with Crippen LogP contribution < -0.4 is 15.4 Å². The summed E-state index contributed by atoms with van der Waals surface area (Å²) in [7, 11) is 0. The van der Waals surface area contributed by atoms with Crippen molar-refractivity contribution in [3.63, 3.8) is 0 Å². The molecule has 0 aliphatic rings. The Labute approximate surface area is 149 Å². The highest BCUT2D eigenvalue weighted by Gasteiger charge is 2.16. The van der Waals surface area contributed by atoms with Gasteiger partial charge >= 0.3 is 18.6 Å². The van der Waals surface area contributed by atoms with Gasteiger partial charge < -0.3 is 14.8 Å². The van der Waals surface area contributed by atoms with E-state index in [4.69, 9.17) is 4.74 Å². The van der Waals surface area contributed by atoms with E-state index in [1.165, 1.54) is 30.3 Å². The van der Waals surface area contributed by atoms with Gasteiger partial charge in [0.2, 0.25) is 0 Å². The minimum Gasteiger partial charge on any atom is -0.452 e. The number of nitrogens with one attached hydrogen (secondary N) is 2. The molecule has 3 amide bonds. The molecule has 0 saturated carbocycles. The number of ether oxygens (including phenoxy) is 2. The van der Waals surface area contributed by atoms with Crippen LogP contribution in [0.1, 0.15) is 26.3 Å². The van der Waals surface area contributed by atoms with Gasteiger partial charge in [0.25, 0.3) is 5.91 Å². The lowest BCUT2D eigenvalue weighted by molar-refractivity contribution is -0.143. The van der Waals surface area contributed by atoms with Crippen molar-refractivity contribution in [2.75, 3.05) is 6.61 Å². The van der Waals surface area contributed by atoms with Gasteiger partial charge in [-0.15, -0.1) is 0 Å². The number of rotatable bonds is 6. The number of hydrogen-bond donors (Lipinski definition) is 2. The number of halogens is 2. The highest BCUT2D eigenvalue weighted by atomic mass is 19.3. The third-order valence-corrected chi connectivity index (χ3v) is 2.60. The highest BCUT2D eigenvalue weighted by Crippen LogP contribution is 2.15. The zero-order valence-electron chi connectivity index (χ0n) is 14.5. The number of alkyl halides is 2. The summed E-state index contributed by atoms with van der Waals surface area (Å²) in [5.74, 6) is -1.59. The van der Waals surface area contributed by atoms with Crippen molar-refractivity contribution in [3.05, 3.63) is 35.9 Å². The SMILES string of the molecule is CC(C)(C)NC(=O)NC(=O)COC(=O)/C=C/c1ccc(OC(F)F)cc1. The normalized spacial score (nSPS) is 11.3. The molecule has 0 heterocycles. The van der Waals surface area contributed by atoms with Crippen LogP contribution in [0.2, 0.25) is 0 Å². The standard InChI is InChI=1S/C17H20F2N2O5/c1-17(2,3)21-16(24)20-13(22)10-25-14(23)9-6-11-4-7-12(8-5-11)26-15(18)19/h4-9,15H,10H2,1-3H3,(H2,20,21,22,24)/b9-6+. The van der Waals surface area contributed by atoms with Gasteiger partial charge in [0.05, 0.1) is 0 Å². The molecule has 0 aliphatic heterocycles. The van der Waals surface area contributed by atoms with Gasteiger partial charge in [-0.25, -0.2) is 9.59 Å². The summed E-state index contributed by atoms with van der Waals surface area (Å²) in [6, 6.07) is 4.87. The van der Waals surface area contributed by atoms with Crippen molar-refractivity contribution >= 4 is 24.0 Å². The summed E-state index contributed by atoms with van der Waals surface area (Å²) in [5.41, 5.74) is 0.0252. The molecular weight excluding hydrogens is 350 g/mol. The van der Waals surface area contributed by atoms with E-state index in [2.05, 4.69) is 10.1 Å². The first-order valence-electron chi connectivity index (χ1n) is 7.57. The van der Waals surface area contributed by atoms with Crippen LogP contribution in [0.3, 0.4) is 0 Å². The summed E-state index contributed by atoms with van der Waals surface area (Å²) in [5, 5.41) is 4.54. The van der Waals surface area contributed by atoms with Crippen molar-refractivity contribution in [3.8, 4) is 5.75 Å². The second-order valence-electron chi connectivity index (χ2n) is 6.14. The molecule has 0 aromatic heterocycles. The predicted octanol–water partition coefficient (Wildman–Crippen LogP) is 2.47. The maximum atomic E-state index is 12.0. The Kier molecular flexibility index (Phi) is 7.70. The molecule has 0 fully saturated rings. The third-order valence-electron chi connectivity index (χ3n) is 2.60. The quantitative estimate of drug-likeness (QED) is 0.593. The average molecular weight is 370 g/mol. The van der Waals surface area contributed by atoms with E-state index in [0.29, 0.717) is 5.56 Å². The Balaban J connectivity index is 2.40. The largest absolute Gasteiger partial charge is 0.452 e. The van der Waals surface area contributed by atoms with E-state index >= 15 is 0 Å². The first kappa shape index (κ1) is 21.1. The molecule has 0 unspecified atom stereocenters. The van der Waals surface area contributed by atoms with Crippen molar-refractivity contribution in [2.24, 2.45) is 0 Å². The molecule has 0 atom stereocenters. The molecule has 2 N–H and O–H groups in total. The topological polar surface area (TPSA) is 93.7 Å². The Hall–Kier alpha value is -2.97. The maximum Gasteiger partial charge on any atom is 0.387 e. The van der Waals surface area contributed by atoms with Crippen molar-refractivity contribution < 1.29 is 32.6 Å². The molecule has 0 saturated heterocycles. The molecule has 1 rings (SSSR count). The van der Waals surface area contributed by atoms with Gasteiger partial charge in [-0.05, 0) is 44.5 Å². The Morgan fingerprint density at radius 3 is 2.31 bits per heavy atom. The van der Waals surface area contributed by atoms with E-state index < -0.39 is 36.7 Å². The molecule has 7 nitrogen and oxygen atoms in total. The monoisotopic (exact) mass is 370 g/mol. The number of imide groups is 1. The minimum atomic E-state index is -2.91. The fourth-order valence-electron chi connectivity index (χ4n) is 1.64. The van der Waals surface area contributed by atoms with Crippen LogP contribution in [0.15, 0.2) is 30.3 Å². The molecule has 26 heavy (non-hydrogen) atoms. The van der Waals surface area contributed by atoms with Crippen LogP contribution >= 0.6 is 0 Å². The van der Waals surface area contributed by atoms with E-state index in [1.54, 1.807) is 20.8 Å². The third kappa shape index (κ3) is 9.36. The van der Waals surface area contributed by atoms with E-state index in [9.17, 15) is 23.2 Å². The summed E-state index contributed by atoms with van der Waals surface area (Å²) < 4.78 is 32.9. The fourth-order valence-corrected chi connectivity index (χ4v) is 1.64. The van der Waals surface area contributed by atoms with Gasteiger partial charge in [0, 0.05) is 11.6 Å². The molecule has 1 aromatic carbocycles. The smallest absolute Gasteiger partial charge is 0.387 e. The molecule has 142 valence electrons. The lowest BCUT2D eigenvalue weighted by atomic mass is 10.1. The van der Waals surface area contributed by atoms with Gasteiger partial charge in [0.15, 0.2) is 6.61 Å². The van der Waals surface area contributed by atoms with Crippen molar-refractivity contribution in [2.45, 2.75) is 32.9 Å². The summed E-state index contributed by atoms with van der Waals surface area (Å²) in [4.78, 5) is 34.5. The summed E-state index contributed by atoms with van der Waals surface area (Å²) in [6.07, 6.45) is 2.43. The first-order chi connectivity index (χ1) is 12.0. The fraction of sp³-hybridized carbons (Fsp3) is 0.353. The Morgan fingerprint density at radius 1 is 1.15 bits per heavy atom. The van der Waals surface area contributed by atoms with E-state index in [1.807, 2.05) is 5.32 Å². The Bertz CT molecular complexity index is 667. The van der Waals surface area contributed by atoms with Crippen LogP contribution in [-0.4, -0.2) is 36.7 Å². The number of carbonyl (C=O) groups excluding carboxylic acids is 3. The molecule has 0 radical (unpaired) electrons. The van der Waals surface area contributed by atoms with Crippen LogP contribution in [0.4, 0.5) is 13.6 Å².